The van der Waals surface area contributed by atoms with E-state index in [4.69, 9.17) is 5.11 Å². The standard InChI is InChI=1S/C20H24N2O3/c1-13(17-8-4-6-14-5-2-3-7-18(14)17)21-20(25)22-16-11-9-15(10-12-16)19(23)24/h2-8,13,15-16H,9-12H2,1H3,(H,23,24)(H2,21,22,25). The lowest BCUT2D eigenvalue weighted by atomic mass is 9.86. The Kier molecular flexibility index (Phi) is 5.22. The summed E-state index contributed by atoms with van der Waals surface area (Å²) < 4.78 is 0. The highest BCUT2D eigenvalue weighted by atomic mass is 16.4. The lowest BCUT2D eigenvalue weighted by Crippen LogP contribution is -2.44. The van der Waals surface area contributed by atoms with Crippen molar-refractivity contribution in [1.29, 1.82) is 0 Å². The van der Waals surface area contributed by atoms with Crippen LogP contribution in [-0.2, 0) is 4.79 Å². The number of hydrogen-bond acceptors (Lipinski definition) is 2. The largest absolute Gasteiger partial charge is 0.481 e. The van der Waals surface area contributed by atoms with Gasteiger partial charge in [0.2, 0.25) is 0 Å². The third kappa shape index (κ3) is 4.10. The number of carbonyl (C=O) groups is 2. The molecule has 2 amide bonds. The minimum atomic E-state index is -0.729. The van der Waals surface area contributed by atoms with Gasteiger partial charge in [-0.3, -0.25) is 4.79 Å². The molecule has 0 bridgehead atoms. The molecule has 0 saturated heterocycles. The molecular weight excluding hydrogens is 316 g/mol. The molecule has 0 aromatic heterocycles. The average molecular weight is 340 g/mol. The predicted octanol–water partition coefficient (Wildman–Crippen LogP) is 3.84. The van der Waals surface area contributed by atoms with E-state index in [9.17, 15) is 9.59 Å². The summed E-state index contributed by atoms with van der Waals surface area (Å²) in [4.78, 5) is 23.3. The fourth-order valence-electron chi connectivity index (χ4n) is 3.61. The van der Waals surface area contributed by atoms with E-state index in [1.807, 2.05) is 31.2 Å². The second-order valence-corrected chi connectivity index (χ2v) is 6.79. The van der Waals surface area contributed by atoms with Gasteiger partial charge in [0, 0.05) is 6.04 Å². The predicted molar refractivity (Wildman–Crippen MR) is 97.4 cm³/mol. The van der Waals surface area contributed by atoms with Crippen molar-refractivity contribution >= 4 is 22.8 Å². The van der Waals surface area contributed by atoms with Crippen LogP contribution in [0.15, 0.2) is 42.5 Å². The van der Waals surface area contributed by atoms with E-state index in [1.54, 1.807) is 0 Å². The molecule has 1 saturated carbocycles. The summed E-state index contributed by atoms with van der Waals surface area (Å²) in [7, 11) is 0. The molecule has 1 atom stereocenters. The smallest absolute Gasteiger partial charge is 0.315 e. The van der Waals surface area contributed by atoms with Gasteiger partial charge < -0.3 is 15.7 Å². The molecule has 0 radical (unpaired) electrons. The molecule has 1 fully saturated rings. The SMILES string of the molecule is CC(NC(=O)NC1CCC(C(=O)O)CC1)c1cccc2ccccc12. The Morgan fingerprint density at radius 3 is 2.44 bits per heavy atom. The van der Waals surface area contributed by atoms with Gasteiger partial charge in [-0.25, -0.2) is 4.79 Å². The second kappa shape index (κ2) is 7.55. The van der Waals surface area contributed by atoms with E-state index in [-0.39, 0.29) is 24.0 Å². The zero-order chi connectivity index (χ0) is 17.8. The third-order valence-electron chi connectivity index (χ3n) is 5.05. The Labute approximate surface area is 147 Å². The van der Waals surface area contributed by atoms with Crippen LogP contribution in [0.5, 0.6) is 0 Å². The molecule has 1 aliphatic rings. The number of amides is 2. The summed E-state index contributed by atoms with van der Waals surface area (Å²) in [6.45, 7) is 1.97. The van der Waals surface area contributed by atoms with Gasteiger partial charge in [-0.05, 0) is 48.9 Å². The van der Waals surface area contributed by atoms with Crippen molar-refractivity contribution in [3.8, 4) is 0 Å². The topological polar surface area (TPSA) is 78.4 Å². The maximum absolute atomic E-state index is 12.3. The van der Waals surface area contributed by atoms with Crippen LogP contribution in [0.3, 0.4) is 0 Å². The van der Waals surface area contributed by atoms with Crippen LogP contribution >= 0.6 is 0 Å². The number of carbonyl (C=O) groups excluding carboxylic acids is 1. The first kappa shape index (κ1) is 17.3. The molecule has 5 nitrogen and oxygen atoms in total. The number of urea groups is 1. The summed E-state index contributed by atoms with van der Waals surface area (Å²) in [5, 5.41) is 17.3. The maximum atomic E-state index is 12.3. The molecular formula is C20H24N2O3. The van der Waals surface area contributed by atoms with Gasteiger partial charge in [-0.2, -0.15) is 0 Å². The molecule has 0 aliphatic heterocycles. The molecule has 1 unspecified atom stereocenters. The number of benzene rings is 2. The Morgan fingerprint density at radius 1 is 1.04 bits per heavy atom. The first-order valence-electron chi connectivity index (χ1n) is 8.82. The van der Waals surface area contributed by atoms with Crippen LogP contribution in [0.2, 0.25) is 0 Å². The average Bonchev–Trinajstić information content (AvgIpc) is 2.61. The molecule has 3 rings (SSSR count). The zero-order valence-electron chi connectivity index (χ0n) is 14.4. The van der Waals surface area contributed by atoms with E-state index >= 15 is 0 Å². The van der Waals surface area contributed by atoms with Crippen molar-refractivity contribution in [3.63, 3.8) is 0 Å². The Bertz CT molecular complexity index is 761. The normalized spacial score (nSPS) is 21.5. The van der Waals surface area contributed by atoms with Gasteiger partial charge in [0.15, 0.2) is 0 Å². The highest BCUT2D eigenvalue weighted by Crippen LogP contribution is 2.25. The van der Waals surface area contributed by atoms with Crippen molar-refractivity contribution in [1.82, 2.24) is 10.6 Å². The van der Waals surface area contributed by atoms with Crippen molar-refractivity contribution in [2.24, 2.45) is 5.92 Å². The minimum Gasteiger partial charge on any atom is -0.481 e. The van der Waals surface area contributed by atoms with Crippen molar-refractivity contribution in [3.05, 3.63) is 48.0 Å². The molecule has 2 aromatic carbocycles. The molecule has 1 aliphatic carbocycles. The molecule has 132 valence electrons. The molecule has 3 N–H and O–H groups in total. The van der Waals surface area contributed by atoms with Crippen LogP contribution in [0.25, 0.3) is 10.8 Å². The number of rotatable bonds is 4. The Morgan fingerprint density at radius 2 is 1.72 bits per heavy atom. The number of nitrogens with one attached hydrogen (secondary N) is 2. The Balaban J connectivity index is 1.58. The van der Waals surface area contributed by atoms with Crippen LogP contribution < -0.4 is 10.6 Å². The molecule has 25 heavy (non-hydrogen) atoms. The molecule has 2 aromatic rings. The highest BCUT2D eigenvalue weighted by Gasteiger charge is 2.27. The summed E-state index contributed by atoms with van der Waals surface area (Å²) in [6, 6.07) is 14.0. The number of hydrogen-bond donors (Lipinski definition) is 3. The van der Waals surface area contributed by atoms with Crippen molar-refractivity contribution in [2.45, 2.75) is 44.7 Å². The van der Waals surface area contributed by atoms with Gasteiger partial charge in [-0.15, -0.1) is 0 Å². The summed E-state index contributed by atoms with van der Waals surface area (Å²) in [5.74, 6) is -0.997. The number of aliphatic carboxylic acids is 1. The summed E-state index contributed by atoms with van der Waals surface area (Å²) in [6.07, 6.45) is 2.68. The lowest BCUT2D eigenvalue weighted by molar-refractivity contribution is -0.142. The number of carboxylic acid groups (broad SMARTS) is 1. The quantitative estimate of drug-likeness (QED) is 0.791. The number of carboxylic acids is 1. The first-order valence-corrected chi connectivity index (χ1v) is 8.82. The summed E-state index contributed by atoms with van der Waals surface area (Å²) >= 11 is 0. The van der Waals surface area contributed by atoms with Crippen LogP contribution in [0.1, 0.15) is 44.2 Å². The van der Waals surface area contributed by atoms with Crippen LogP contribution in [-0.4, -0.2) is 23.1 Å². The first-order chi connectivity index (χ1) is 12.0. The fourth-order valence-corrected chi connectivity index (χ4v) is 3.61. The van der Waals surface area contributed by atoms with Crippen LogP contribution in [0, 0.1) is 5.92 Å². The monoisotopic (exact) mass is 340 g/mol. The van der Waals surface area contributed by atoms with Gasteiger partial charge >= 0.3 is 12.0 Å². The van der Waals surface area contributed by atoms with Gasteiger partial charge in [0.25, 0.3) is 0 Å². The van der Waals surface area contributed by atoms with E-state index in [2.05, 4.69) is 28.8 Å². The second-order valence-electron chi connectivity index (χ2n) is 6.79. The summed E-state index contributed by atoms with van der Waals surface area (Å²) in [5.41, 5.74) is 1.09. The third-order valence-corrected chi connectivity index (χ3v) is 5.05. The maximum Gasteiger partial charge on any atom is 0.315 e. The van der Waals surface area contributed by atoms with Gasteiger partial charge in [0.1, 0.15) is 0 Å². The fraction of sp³-hybridized carbons (Fsp3) is 0.400. The van der Waals surface area contributed by atoms with Gasteiger partial charge in [0.05, 0.1) is 12.0 Å². The highest BCUT2D eigenvalue weighted by molar-refractivity contribution is 5.86. The zero-order valence-corrected chi connectivity index (χ0v) is 14.4. The molecule has 0 spiro atoms. The van der Waals surface area contributed by atoms with Crippen molar-refractivity contribution in [2.75, 3.05) is 0 Å². The van der Waals surface area contributed by atoms with E-state index in [0.717, 1.165) is 16.3 Å². The molecule has 5 heteroatoms. The number of fused-ring (bicyclic) bond motifs is 1. The van der Waals surface area contributed by atoms with E-state index in [1.165, 1.54) is 0 Å². The molecule has 0 heterocycles. The lowest BCUT2D eigenvalue weighted by Gasteiger charge is -2.27. The van der Waals surface area contributed by atoms with Crippen LogP contribution in [0.4, 0.5) is 4.79 Å². The van der Waals surface area contributed by atoms with E-state index < -0.39 is 5.97 Å². The Hall–Kier alpha value is -2.56. The minimum absolute atomic E-state index is 0.0512. The van der Waals surface area contributed by atoms with E-state index in [0.29, 0.717) is 25.7 Å². The van der Waals surface area contributed by atoms with Crippen molar-refractivity contribution < 1.29 is 14.7 Å². The van der Waals surface area contributed by atoms with Gasteiger partial charge in [-0.1, -0.05) is 42.5 Å².